The van der Waals surface area contributed by atoms with E-state index in [9.17, 15) is 8.42 Å². The second-order valence-corrected chi connectivity index (χ2v) is 7.90. The van der Waals surface area contributed by atoms with E-state index in [-0.39, 0.29) is 0 Å². The topological polar surface area (TPSA) is 87.2 Å². The molecule has 8 heteroatoms. The first-order chi connectivity index (χ1) is 11.0. The number of sulfonamides is 1. The van der Waals surface area contributed by atoms with Gasteiger partial charge in [-0.2, -0.15) is 0 Å². The van der Waals surface area contributed by atoms with Crippen molar-refractivity contribution in [2.45, 2.75) is 38.3 Å². The Kier molecular flexibility index (Phi) is 7.35. The summed E-state index contributed by atoms with van der Waals surface area (Å²) in [5, 5.41) is 3.44. The molecule has 1 aromatic heterocycles. The Morgan fingerprint density at radius 2 is 2.09 bits per heavy atom. The summed E-state index contributed by atoms with van der Waals surface area (Å²) in [6.45, 7) is 4.26. The normalized spacial score (nSPS) is 19.7. The van der Waals surface area contributed by atoms with Gasteiger partial charge in [-0.1, -0.05) is 0 Å². The molecule has 2 heterocycles. The van der Waals surface area contributed by atoms with Gasteiger partial charge in [-0.3, -0.25) is 4.90 Å². The molecule has 0 amide bonds. The van der Waals surface area contributed by atoms with Crippen LogP contribution in [0.4, 0.5) is 0 Å². The SMILES string of the molecule is CS(=O)(=O)NCCCN(Cc1cncnc1)C1CCCNCC1. The van der Waals surface area contributed by atoms with Crippen molar-refractivity contribution in [1.82, 2.24) is 24.9 Å². The Bertz CT molecular complexity index is 544. The fraction of sp³-hybridized carbons (Fsp3) is 0.733. The van der Waals surface area contributed by atoms with E-state index < -0.39 is 10.0 Å². The maximum Gasteiger partial charge on any atom is 0.208 e. The Balaban J connectivity index is 1.92. The van der Waals surface area contributed by atoms with E-state index in [4.69, 9.17) is 0 Å². The molecule has 0 aliphatic carbocycles. The molecule has 1 aromatic rings. The van der Waals surface area contributed by atoms with E-state index in [1.54, 1.807) is 6.33 Å². The fourth-order valence-corrected chi connectivity index (χ4v) is 3.46. The summed E-state index contributed by atoms with van der Waals surface area (Å²) in [7, 11) is -3.11. The third-order valence-electron chi connectivity index (χ3n) is 4.05. The lowest BCUT2D eigenvalue weighted by atomic mass is 10.1. The predicted octanol–water partition coefficient (Wildman–Crippen LogP) is 0.360. The van der Waals surface area contributed by atoms with Crippen molar-refractivity contribution in [3.05, 3.63) is 24.3 Å². The van der Waals surface area contributed by atoms with Crippen LogP contribution < -0.4 is 10.0 Å². The lowest BCUT2D eigenvalue weighted by Crippen LogP contribution is -2.37. The van der Waals surface area contributed by atoms with Crippen LogP contribution in [0.1, 0.15) is 31.2 Å². The van der Waals surface area contributed by atoms with Crippen molar-refractivity contribution in [1.29, 1.82) is 0 Å². The van der Waals surface area contributed by atoms with Gasteiger partial charge in [0.1, 0.15) is 6.33 Å². The Labute approximate surface area is 138 Å². The fourth-order valence-electron chi connectivity index (χ4n) is 2.94. The third kappa shape index (κ3) is 7.34. The number of hydrogen-bond donors (Lipinski definition) is 2. The van der Waals surface area contributed by atoms with Gasteiger partial charge in [0.15, 0.2) is 0 Å². The van der Waals surface area contributed by atoms with E-state index in [2.05, 4.69) is 24.9 Å². The molecule has 1 saturated heterocycles. The lowest BCUT2D eigenvalue weighted by molar-refractivity contribution is 0.171. The molecular formula is C15H27N5O2S. The molecule has 2 N–H and O–H groups in total. The molecule has 23 heavy (non-hydrogen) atoms. The van der Waals surface area contributed by atoms with E-state index in [0.29, 0.717) is 12.6 Å². The standard InChI is InChI=1S/C15H27N5O2S/c1-23(21,22)19-7-3-9-20(12-14-10-17-13-18-11-14)15-4-2-6-16-8-5-15/h10-11,13,15-16,19H,2-9,12H2,1H3. The average Bonchev–Trinajstić information content (AvgIpc) is 2.79. The Morgan fingerprint density at radius 1 is 1.30 bits per heavy atom. The van der Waals surface area contributed by atoms with Crippen molar-refractivity contribution in [3.63, 3.8) is 0 Å². The molecule has 1 fully saturated rings. The quantitative estimate of drug-likeness (QED) is 0.664. The highest BCUT2D eigenvalue weighted by atomic mass is 32.2. The lowest BCUT2D eigenvalue weighted by Gasteiger charge is -2.31. The van der Waals surface area contributed by atoms with Gasteiger partial charge in [0.05, 0.1) is 6.26 Å². The Hall–Kier alpha value is -1.09. The molecule has 0 bridgehead atoms. The highest BCUT2D eigenvalue weighted by Gasteiger charge is 2.20. The van der Waals surface area contributed by atoms with Gasteiger partial charge in [-0.15, -0.1) is 0 Å². The van der Waals surface area contributed by atoms with Crippen LogP contribution in [0.5, 0.6) is 0 Å². The van der Waals surface area contributed by atoms with E-state index >= 15 is 0 Å². The van der Waals surface area contributed by atoms with Crippen LogP contribution in [0.2, 0.25) is 0 Å². The summed E-state index contributed by atoms with van der Waals surface area (Å²) in [6.07, 6.45) is 10.7. The van der Waals surface area contributed by atoms with Gasteiger partial charge in [0, 0.05) is 43.6 Å². The highest BCUT2D eigenvalue weighted by Crippen LogP contribution is 2.16. The van der Waals surface area contributed by atoms with Gasteiger partial charge in [-0.05, 0) is 38.8 Å². The second-order valence-electron chi connectivity index (χ2n) is 6.07. The molecule has 0 radical (unpaired) electrons. The summed E-state index contributed by atoms with van der Waals surface area (Å²) in [5.41, 5.74) is 1.10. The summed E-state index contributed by atoms with van der Waals surface area (Å²) in [4.78, 5) is 10.6. The molecule has 0 spiro atoms. The van der Waals surface area contributed by atoms with Crippen LogP contribution in [0.3, 0.4) is 0 Å². The van der Waals surface area contributed by atoms with Crippen molar-refractivity contribution in [2.75, 3.05) is 32.4 Å². The van der Waals surface area contributed by atoms with Gasteiger partial charge in [-0.25, -0.2) is 23.1 Å². The zero-order chi connectivity index (χ0) is 16.5. The summed E-state index contributed by atoms with van der Waals surface area (Å²) in [6, 6.07) is 0.517. The number of hydrogen-bond acceptors (Lipinski definition) is 6. The zero-order valence-electron chi connectivity index (χ0n) is 13.7. The second kappa shape index (κ2) is 9.27. The number of nitrogens with zero attached hydrogens (tertiary/aromatic N) is 3. The van der Waals surface area contributed by atoms with E-state index in [1.807, 2.05) is 12.4 Å². The maximum absolute atomic E-state index is 11.2. The van der Waals surface area contributed by atoms with Crippen molar-refractivity contribution in [3.8, 4) is 0 Å². The highest BCUT2D eigenvalue weighted by molar-refractivity contribution is 7.88. The van der Waals surface area contributed by atoms with Crippen LogP contribution in [-0.4, -0.2) is 61.8 Å². The van der Waals surface area contributed by atoms with Crippen LogP contribution >= 0.6 is 0 Å². The van der Waals surface area contributed by atoms with E-state index in [0.717, 1.165) is 44.6 Å². The minimum Gasteiger partial charge on any atom is -0.317 e. The first-order valence-corrected chi connectivity index (χ1v) is 10.1. The molecule has 1 aliphatic rings. The summed E-state index contributed by atoms with van der Waals surface area (Å²) >= 11 is 0. The molecule has 1 unspecified atom stereocenters. The summed E-state index contributed by atoms with van der Waals surface area (Å²) in [5.74, 6) is 0. The van der Waals surface area contributed by atoms with Gasteiger partial charge >= 0.3 is 0 Å². The van der Waals surface area contributed by atoms with Gasteiger partial charge in [0.25, 0.3) is 0 Å². The Morgan fingerprint density at radius 3 is 2.83 bits per heavy atom. The van der Waals surface area contributed by atoms with Crippen molar-refractivity contribution >= 4 is 10.0 Å². The average molecular weight is 341 g/mol. The molecule has 1 aliphatic heterocycles. The first-order valence-electron chi connectivity index (χ1n) is 8.18. The molecule has 7 nitrogen and oxygen atoms in total. The van der Waals surface area contributed by atoms with Gasteiger partial charge in [0.2, 0.25) is 10.0 Å². The molecular weight excluding hydrogens is 314 g/mol. The molecule has 0 saturated carbocycles. The van der Waals surface area contributed by atoms with Crippen molar-refractivity contribution in [2.24, 2.45) is 0 Å². The number of rotatable bonds is 8. The van der Waals surface area contributed by atoms with Gasteiger partial charge < -0.3 is 5.32 Å². The zero-order valence-corrected chi connectivity index (χ0v) is 14.6. The molecule has 2 rings (SSSR count). The minimum atomic E-state index is -3.11. The first kappa shape index (κ1) is 18.3. The van der Waals surface area contributed by atoms with Crippen LogP contribution in [0.15, 0.2) is 18.7 Å². The molecule has 0 aromatic carbocycles. The monoisotopic (exact) mass is 341 g/mol. The molecule has 1 atom stereocenters. The van der Waals surface area contributed by atoms with E-state index in [1.165, 1.54) is 19.1 Å². The van der Waals surface area contributed by atoms with Crippen LogP contribution in [-0.2, 0) is 16.6 Å². The van der Waals surface area contributed by atoms with Crippen molar-refractivity contribution < 1.29 is 8.42 Å². The number of aromatic nitrogens is 2. The maximum atomic E-state index is 11.2. The predicted molar refractivity (Wildman–Crippen MR) is 90.4 cm³/mol. The number of nitrogens with one attached hydrogen (secondary N) is 2. The minimum absolute atomic E-state index is 0.478. The smallest absolute Gasteiger partial charge is 0.208 e. The summed E-state index contributed by atoms with van der Waals surface area (Å²) < 4.78 is 24.9. The van der Waals surface area contributed by atoms with Crippen LogP contribution in [0.25, 0.3) is 0 Å². The largest absolute Gasteiger partial charge is 0.317 e. The van der Waals surface area contributed by atoms with Crippen LogP contribution in [0, 0.1) is 0 Å². The third-order valence-corrected chi connectivity index (χ3v) is 4.78. The molecule has 130 valence electrons.